The molecule has 1 aromatic carbocycles. The third kappa shape index (κ3) is 2.05. The van der Waals surface area contributed by atoms with E-state index in [-0.39, 0.29) is 11.3 Å². The minimum Gasteiger partial charge on any atom is -0.507 e. The van der Waals surface area contributed by atoms with Crippen molar-refractivity contribution in [3.05, 3.63) is 29.8 Å². The summed E-state index contributed by atoms with van der Waals surface area (Å²) in [6.45, 7) is -0.646. The molecule has 0 aliphatic carbocycles. The maximum atomic E-state index is 11.2. The lowest BCUT2D eigenvalue weighted by molar-refractivity contribution is 0.0585. The molecule has 0 amide bonds. The maximum absolute atomic E-state index is 11.2. The predicted molar refractivity (Wildman–Crippen MR) is 45.5 cm³/mol. The second-order valence-electron chi connectivity index (χ2n) is 2.58. The van der Waals surface area contributed by atoms with Crippen molar-refractivity contribution in [1.82, 2.24) is 0 Å². The predicted octanol–water partition coefficient (Wildman–Crippen LogP) is -0.0719. The van der Waals surface area contributed by atoms with E-state index >= 15 is 0 Å². The molecule has 0 heterocycles. The molecule has 4 nitrogen and oxygen atoms in total. The van der Waals surface area contributed by atoms with Crippen molar-refractivity contribution in [2.75, 3.05) is 6.61 Å². The van der Waals surface area contributed by atoms with Crippen LogP contribution in [0.4, 0.5) is 0 Å². The molecule has 1 aromatic rings. The summed E-state index contributed by atoms with van der Waals surface area (Å²) in [6, 6.07) is 5.86. The van der Waals surface area contributed by atoms with E-state index in [1.807, 2.05) is 0 Å². The van der Waals surface area contributed by atoms with Crippen LogP contribution in [0.3, 0.4) is 0 Å². The third-order valence-electron chi connectivity index (χ3n) is 1.65. The van der Waals surface area contributed by atoms with E-state index in [0.29, 0.717) is 0 Å². The summed E-state index contributed by atoms with van der Waals surface area (Å²) in [4.78, 5) is 11.2. The Morgan fingerprint density at radius 2 is 2.00 bits per heavy atom. The number of aliphatic hydroxyl groups excluding tert-OH is 2. The Morgan fingerprint density at radius 3 is 2.54 bits per heavy atom. The van der Waals surface area contributed by atoms with Gasteiger partial charge in [-0.1, -0.05) is 12.1 Å². The van der Waals surface area contributed by atoms with Crippen LogP contribution in [0, 0.1) is 0 Å². The number of Topliss-reactive ketones (excluding diaryl/α,β-unsaturated/α-hetero) is 1. The van der Waals surface area contributed by atoms with Gasteiger partial charge in [-0.05, 0) is 12.1 Å². The minimum absolute atomic E-state index is 0.0176. The van der Waals surface area contributed by atoms with Crippen molar-refractivity contribution >= 4 is 5.78 Å². The SMILES string of the molecule is O=C(c1ccccc1O)C(O)CO. The Kier molecular flexibility index (Phi) is 3.00. The average Bonchev–Trinajstić information content (AvgIpc) is 2.16. The van der Waals surface area contributed by atoms with Crippen LogP contribution in [0.5, 0.6) is 5.75 Å². The smallest absolute Gasteiger partial charge is 0.197 e. The maximum Gasteiger partial charge on any atom is 0.197 e. The first kappa shape index (κ1) is 9.70. The third-order valence-corrected chi connectivity index (χ3v) is 1.65. The number of benzene rings is 1. The normalized spacial score (nSPS) is 12.5. The Labute approximate surface area is 75.1 Å². The van der Waals surface area contributed by atoms with E-state index in [1.165, 1.54) is 12.1 Å². The number of rotatable bonds is 3. The number of para-hydroxylation sites is 1. The lowest BCUT2D eigenvalue weighted by atomic mass is 10.1. The second-order valence-corrected chi connectivity index (χ2v) is 2.58. The molecule has 0 radical (unpaired) electrons. The van der Waals surface area contributed by atoms with Gasteiger partial charge in [0, 0.05) is 0 Å². The number of ketones is 1. The average molecular weight is 182 g/mol. The highest BCUT2D eigenvalue weighted by atomic mass is 16.3. The summed E-state index contributed by atoms with van der Waals surface area (Å²) in [7, 11) is 0. The number of hydrogen-bond acceptors (Lipinski definition) is 4. The van der Waals surface area contributed by atoms with Crippen LogP contribution in [0.15, 0.2) is 24.3 Å². The van der Waals surface area contributed by atoms with Crippen molar-refractivity contribution in [3.63, 3.8) is 0 Å². The van der Waals surface area contributed by atoms with Gasteiger partial charge in [-0.3, -0.25) is 4.79 Å². The zero-order valence-corrected chi connectivity index (χ0v) is 6.84. The summed E-state index contributed by atoms with van der Waals surface area (Å²) in [6.07, 6.45) is -1.46. The molecular formula is C9H10O4. The number of phenols is 1. The van der Waals surface area contributed by atoms with Crippen molar-refractivity contribution in [2.24, 2.45) is 0 Å². The zero-order valence-electron chi connectivity index (χ0n) is 6.84. The van der Waals surface area contributed by atoms with Gasteiger partial charge in [-0.2, -0.15) is 0 Å². The van der Waals surface area contributed by atoms with Gasteiger partial charge in [0.25, 0.3) is 0 Å². The zero-order chi connectivity index (χ0) is 9.84. The van der Waals surface area contributed by atoms with Gasteiger partial charge in [0.15, 0.2) is 5.78 Å². The fraction of sp³-hybridized carbons (Fsp3) is 0.222. The fourth-order valence-corrected chi connectivity index (χ4v) is 0.944. The van der Waals surface area contributed by atoms with Gasteiger partial charge in [-0.15, -0.1) is 0 Å². The lowest BCUT2D eigenvalue weighted by Crippen LogP contribution is -2.24. The molecular weight excluding hydrogens is 172 g/mol. The van der Waals surface area contributed by atoms with Gasteiger partial charge >= 0.3 is 0 Å². The van der Waals surface area contributed by atoms with Gasteiger partial charge in [0.2, 0.25) is 0 Å². The summed E-state index contributed by atoms with van der Waals surface area (Å²) in [5, 5.41) is 26.7. The standard InChI is InChI=1S/C9H10O4/c10-5-8(12)9(13)6-3-1-2-4-7(6)11/h1-4,8,10-12H,5H2. The topological polar surface area (TPSA) is 77.8 Å². The van der Waals surface area contributed by atoms with Crippen molar-refractivity contribution in [2.45, 2.75) is 6.10 Å². The summed E-state index contributed by atoms with van der Waals surface area (Å²) < 4.78 is 0. The van der Waals surface area contributed by atoms with E-state index in [1.54, 1.807) is 12.1 Å². The van der Waals surface area contributed by atoms with Crippen LogP contribution < -0.4 is 0 Å². The van der Waals surface area contributed by atoms with Crippen LogP contribution in [-0.2, 0) is 0 Å². The van der Waals surface area contributed by atoms with E-state index < -0.39 is 18.5 Å². The molecule has 70 valence electrons. The van der Waals surface area contributed by atoms with Gasteiger partial charge in [0.05, 0.1) is 12.2 Å². The van der Waals surface area contributed by atoms with Crippen molar-refractivity contribution in [1.29, 1.82) is 0 Å². The highest BCUT2D eigenvalue weighted by molar-refractivity contribution is 6.01. The first-order chi connectivity index (χ1) is 6.16. The molecule has 0 bridgehead atoms. The molecule has 0 spiro atoms. The van der Waals surface area contributed by atoms with Crippen LogP contribution in [0.25, 0.3) is 0 Å². The Balaban J connectivity index is 2.95. The van der Waals surface area contributed by atoms with Crippen LogP contribution >= 0.6 is 0 Å². The monoisotopic (exact) mass is 182 g/mol. The number of carbonyl (C=O) groups is 1. The first-order valence-electron chi connectivity index (χ1n) is 3.78. The molecule has 0 aliphatic rings. The molecule has 0 fully saturated rings. The molecule has 0 aromatic heterocycles. The van der Waals surface area contributed by atoms with Gasteiger partial charge in [0.1, 0.15) is 11.9 Å². The summed E-state index contributed by atoms with van der Waals surface area (Å²) >= 11 is 0. The molecule has 3 N–H and O–H groups in total. The number of aromatic hydroxyl groups is 1. The van der Waals surface area contributed by atoms with Crippen LogP contribution in [0.2, 0.25) is 0 Å². The second kappa shape index (κ2) is 4.02. The number of hydrogen-bond donors (Lipinski definition) is 3. The minimum atomic E-state index is -1.46. The lowest BCUT2D eigenvalue weighted by Gasteiger charge is -2.06. The van der Waals surface area contributed by atoms with Crippen LogP contribution in [-0.4, -0.2) is 33.8 Å². The molecule has 4 heteroatoms. The number of aliphatic hydroxyl groups is 2. The molecule has 1 atom stereocenters. The summed E-state index contributed by atoms with van der Waals surface area (Å²) in [5.74, 6) is -0.874. The quantitative estimate of drug-likeness (QED) is 0.572. The fourth-order valence-electron chi connectivity index (χ4n) is 0.944. The van der Waals surface area contributed by atoms with E-state index in [2.05, 4.69) is 0 Å². The Morgan fingerprint density at radius 1 is 1.38 bits per heavy atom. The largest absolute Gasteiger partial charge is 0.507 e. The van der Waals surface area contributed by atoms with E-state index in [0.717, 1.165) is 0 Å². The van der Waals surface area contributed by atoms with E-state index in [4.69, 9.17) is 10.2 Å². The molecule has 1 unspecified atom stereocenters. The van der Waals surface area contributed by atoms with Crippen LogP contribution in [0.1, 0.15) is 10.4 Å². The molecule has 0 saturated heterocycles. The van der Waals surface area contributed by atoms with Gasteiger partial charge in [-0.25, -0.2) is 0 Å². The van der Waals surface area contributed by atoms with Crippen molar-refractivity contribution in [3.8, 4) is 5.75 Å². The first-order valence-corrected chi connectivity index (χ1v) is 3.78. The highest BCUT2D eigenvalue weighted by Crippen LogP contribution is 2.17. The number of carbonyl (C=O) groups excluding carboxylic acids is 1. The highest BCUT2D eigenvalue weighted by Gasteiger charge is 2.18. The number of phenolic OH excluding ortho intramolecular Hbond substituents is 1. The molecule has 1 rings (SSSR count). The Bertz CT molecular complexity index is 308. The van der Waals surface area contributed by atoms with E-state index in [9.17, 15) is 9.90 Å². The molecule has 0 saturated carbocycles. The molecule has 13 heavy (non-hydrogen) atoms. The Hall–Kier alpha value is -1.39. The summed E-state index contributed by atoms with van der Waals surface area (Å²) in [5.41, 5.74) is 0.0176. The van der Waals surface area contributed by atoms with Gasteiger partial charge < -0.3 is 15.3 Å². The molecule has 0 aliphatic heterocycles. The van der Waals surface area contributed by atoms with Crippen molar-refractivity contribution < 1.29 is 20.1 Å².